The Morgan fingerprint density at radius 2 is 1.76 bits per heavy atom. The number of hydrogen-bond donors (Lipinski definition) is 3. The summed E-state index contributed by atoms with van der Waals surface area (Å²) in [5, 5.41) is 27.5. The van der Waals surface area contributed by atoms with Crippen molar-refractivity contribution >= 4 is 5.78 Å². The van der Waals surface area contributed by atoms with Crippen molar-refractivity contribution in [2.45, 2.75) is 6.10 Å². The largest absolute Gasteiger partial charge is 0.502 e. The number of carbonyl (C=O) groups is 1. The summed E-state index contributed by atoms with van der Waals surface area (Å²) in [6.07, 6.45) is -1.51. The van der Waals surface area contributed by atoms with Gasteiger partial charge < -0.3 is 24.8 Å². The van der Waals surface area contributed by atoms with Gasteiger partial charge in [0.05, 0.1) is 20.8 Å². The Kier molecular flexibility index (Phi) is 4.30. The first-order chi connectivity index (χ1) is 8.04. The summed E-state index contributed by atoms with van der Waals surface area (Å²) in [4.78, 5) is 11.6. The topological polar surface area (TPSA) is 96.2 Å². The van der Waals surface area contributed by atoms with Gasteiger partial charge in [-0.1, -0.05) is 0 Å². The molecule has 3 N–H and O–H groups in total. The molecule has 94 valence electrons. The van der Waals surface area contributed by atoms with Gasteiger partial charge in [0.2, 0.25) is 5.75 Å². The van der Waals surface area contributed by atoms with Crippen molar-refractivity contribution in [2.75, 3.05) is 20.8 Å². The lowest BCUT2D eigenvalue weighted by Gasteiger charge is -2.12. The SMILES string of the molecule is COc1cc(C(=O)[C@H](O)CO)cc(OC)c1O. The highest BCUT2D eigenvalue weighted by atomic mass is 16.5. The van der Waals surface area contributed by atoms with E-state index in [0.717, 1.165) is 0 Å². The number of aliphatic hydroxyl groups is 2. The van der Waals surface area contributed by atoms with E-state index in [4.69, 9.17) is 14.6 Å². The second kappa shape index (κ2) is 5.51. The molecule has 6 heteroatoms. The number of aromatic hydroxyl groups is 1. The summed E-state index contributed by atoms with van der Waals surface area (Å²) in [5.74, 6) is -0.801. The number of aliphatic hydroxyl groups excluding tert-OH is 2. The predicted octanol–water partition coefficient (Wildman–Crippen LogP) is -0.0547. The van der Waals surface area contributed by atoms with E-state index in [0.29, 0.717) is 0 Å². The van der Waals surface area contributed by atoms with Crippen molar-refractivity contribution < 1.29 is 29.6 Å². The summed E-state index contributed by atoms with van der Waals surface area (Å²) >= 11 is 0. The number of phenols is 1. The van der Waals surface area contributed by atoms with Gasteiger partial charge in [-0.05, 0) is 12.1 Å². The Bertz CT molecular complexity index is 389. The van der Waals surface area contributed by atoms with E-state index in [2.05, 4.69) is 0 Å². The number of ketones is 1. The zero-order chi connectivity index (χ0) is 13.0. The average Bonchev–Trinajstić information content (AvgIpc) is 2.37. The molecule has 0 heterocycles. The molecule has 1 aromatic carbocycles. The average molecular weight is 242 g/mol. The van der Waals surface area contributed by atoms with Gasteiger partial charge in [0.1, 0.15) is 6.10 Å². The van der Waals surface area contributed by atoms with Crippen molar-refractivity contribution in [2.24, 2.45) is 0 Å². The maximum atomic E-state index is 11.6. The highest BCUT2D eigenvalue weighted by Crippen LogP contribution is 2.37. The molecule has 0 aliphatic rings. The van der Waals surface area contributed by atoms with Crippen LogP contribution in [0.4, 0.5) is 0 Å². The molecule has 0 radical (unpaired) electrons. The first kappa shape index (κ1) is 13.3. The van der Waals surface area contributed by atoms with Crippen molar-refractivity contribution in [3.63, 3.8) is 0 Å². The van der Waals surface area contributed by atoms with E-state index in [1.807, 2.05) is 0 Å². The number of phenolic OH excluding ortho intramolecular Hbond substituents is 1. The van der Waals surface area contributed by atoms with E-state index in [1.165, 1.54) is 26.4 Å². The van der Waals surface area contributed by atoms with Gasteiger partial charge >= 0.3 is 0 Å². The van der Waals surface area contributed by atoms with E-state index < -0.39 is 18.5 Å². The van der Waals surface area contributed by atoms with E-state index in [1.54, 1.807) is 0 Å². The predicted molar refractivity (Wildman–Crippen MR) is 58.6 cm³/mol. The van der Waals surface area contributed by atoms with Gasteiger partial charge in [-0.3, -0.25) is 4.79 Å². The fourth-order valence-corrected chi connectivity index (χ4v) is 1.31. The highest BCUT2D eigenvalue weighted by molar-refractivity contribution is 6.00. The summed E-state index contributed by atoms with van der Waals surface area (Å²) in [5.41, 5.74) is 0.0815. The van der Waals surface area contributed by atoms with Gasteiger partial charge in [-0.2, -0.15) is 0 Å². The number of methoxy groups -OCH3 is 2. The number of carbonyl (C=O) groups excluding carboxylic acids is 1. The van der Waals surface area contributed by atoms with Gasteiger partial charge in [-0.25, -0.2) is 0 Å². The second-order valence-corrected chi connectivity index (χ2v) is 3.29. The first-order valence-corrected chi connectivity index (χ1v) is 4.83. The molecule has 1 rings (SSSR count). The molecule has 0 saturated heterocycles. The van der Waals surface area contributed by atoms with Gasteiger partial charge in [0.25, 0.3) is 0 Å². The Morgan fingerprint density at radius 1 is 1.29 bits per heavy atom. The third kappa shape index (κ3) is 2.66. The van der Waals surface area contributed by atoms with Crippen LogP contribution in [0, 0.1) is 0 Å². The number of rotatable bonds is 5. The van der Waals surface area contributed by atoms with Crippen LogP contribution in [0.1, 0.15) is 10.4 Å². The summed E-state index contributed by atoms with van der Waals surface area (Å²) in [6, 6.07) is 2.53. The van der Waals surface area contributed by atoms with Crippen molar-refractivity contribution in [1.82, 2.24) is 0 Å². The molecule has 0 amide bonds. The van der Waals surface area contributed by atoms with Gasteiger partial charge in [0, 0.05) is 5.56 Å². The third-order valence-corrected chi connectivity index (χ3v) is 2.24. The van der Waals surface area contributed by atoms with Crippen LogP contribution in [0.3, 0.4) is 0 Å². The lowest BCUT2D eigenvalue weighted by molar-refractivity contribution is 0.0587. The second-order valence-electron chi connectivity index (χ2n) is 3.29. The summed E-state index contributed by atoms with van der Waals surface area (Å²) in [6.45, 7) is -0.676. The van der Waals surface area contributed by atoms with Crippen LogP contribution in [-0.2, 0) is 0 Å². The maximum Gasteiger partial charge on any atom is 0.200 e. The molecule has 17 heavy (non-hydrogen) atoms. The maximum absolute atomic E-state index is 11.6. The van der Waals surface area contributed by atoms with Crippen LogP contribution in [0.2, 0.25) is 0 Å². The van der Waals surface area contributed by atoms with Crippen LogP contribution in [0.25, 0.3) is 0 Å². The fraction of sp³-hybridized carbons (Fsp3) is 0.364. The van der Waals surface area contributed by atoms with Crippen LogP contribution < -0.4 is 9.47 Å². The minimum Gasteiger partial charge on any atom is -0.502 e. The molecule has 0 bridgehead atoms. The molecule has 0 aliphatic heterocycles. The van der Waals surface area contributed by atoms with E-state index >= 15 is 0 Å². The number of ether oxygens (including phenoxy) is 2. The minimum atomic E-state index is -1.51. The zero-order valence-corrected chi connectivity index (χ0v) is 9.51. The number of hydrogen-bond acceptors (Lipinski definition) is 6. The molecule has 6 nitrogen and oxygen atoms in total. The fourth-order valence-electron chi connectivity index (χ4n) is 1.31. The molecule has 0 spiro atoms. The number of Topliss-reactive ketones (excluding diaryl/α,β-unsaturated/α-hetero) is 1. The molecular formula is C11H14O6. The van der Waals surface area contributed by atoms with E-state index in [9.17, 15) is 15.0 Å². The quantitative estimate of drug-likeness (QED) is 0.626. The normalized spacial score (nSPS) is 12.0. The smallest absolute Gasteiger partial charge is 0.200 e. The van der Waals surface area contributed by atoms with Gasteiger partial charge in [-0.15, -0.1) is 0 Å². The van der Waals surface area contributed by atoms with Gasteiger partial charge in [0.15, 0.2) is 17.3 Å². The van der Waals surface area contributed by atoms with Crippen LogP contribution in [0.5, 0.6) is 17.2 Å². The zero-order valence-electron chi connectivity index (χ0n) is 9.51. The molecule has 0 aliphatic carbocycles. The Balaban J connectivity index is 3.22. The monoisotopic (exact) mass is 242 g/mol. The van der Waals surface area contributed by atoms with Crippen molar-refractivity contribution in [1.29, 1.82) is 0 Å². The lowest BCUT2D eigenvalue weighted by Crippen LogP contribution is -2.24. The first-order valence-electron chi connectivity index (χ1n) is 4.83. The lowest BCUT2D eigenvalue weighted by atomic mass is 10.1. The molecule has 0 saturated carbocycles. The third-order valence-electron chi connectivity index (χ3n) is 2.24. The van der Waals surface area contributed by atoms with Crippen LogP contribution in [-0.4, -0.2) is 48.0 Å². The summed E-state index contributed by atoms with van der Waals surface area (Å²) in [7, 11) is 2.65. The van der Waals surface area contributed by atoms with E-state index in [-0.39, 0.29) is 22.8 Å². The Labute approximate surface area is 98.0 Å². The molecule has 1 atom stereocenters. The van der Waals surface area contributed by atoms with Crippen molar-refractivity contribution in [3.05, 3.63) is 17.7 Å². The Hall–Kier alpha value is -1.79. The molecule has 1 aromatic rings. The van der Waals surface area contributed by atoms with Crippen molar-refractivity contribution in [3.8, 4) is 17.2 Å². The highest BCUT2D eigenvalue weighted by Gasteiger charge is 2.20. The molecule has 0 unspecified atom stereocenters. The molecular weight excluding hydrogens is 228 g/mol. The molecule has 0 fully saturated rings. The number of benzene rings is 1. The van der Waals surface area contributed by atoms with Crippen LogP contribution in [0.15, 0.2) is 12.1 Å². The molecule has 0 aromatic heterocycles. The Morgan fingerprint density at radius 3 is 2.12 bits per heavy atom. The van der Waals surface area contributed by atoms with Crippen LogP contribution >= 0.6 is 0 Å². The summed E-state index contributed by atoms with van der Waals surface area (Å²) < 4.78 is 9.73. The minimum absolute atomic E-state index is 0.0536. The standard InChI is InChI=1S/C11H14O6/c1-16-8-3-6(10(14)7(13)5-12)4-9(17-2)11(8)15/h3-4,7,12-13,15H,5H2,1-2H3/t7-/m1/s1.